The Labute approximate surface area is 87.6 Å². The number of hydrogen-bond donors (Lipinski definition) is 3. The van der Waals surface area contributed by atoms with Gasteiger partial charge in [0.05, 0.1) is 5.69 Å². The normalized spacial score (nSPS) is 13.7. The third-order valence-electron chi connectivity index (χ3n) is 1.55. The molecule has 0 heterocycles. The maximum atomic E-state index is 10.7. The minimum absolute atomic E-state index is 0.446. The molecule has 15 heavy (non-hydrogen) atoms. The van der Waals surface area contributed by atoms with Crippen molar-refractivity contribution >= 4 is 26.9 Å². The van der Waals surface area contributed by atoms with Crippen LogP contribution in [-0.2, 0) is 21.2 Å². The van der Waals surface area contributed by atoms with Gasteiger partial charge in [-0.3, -0.25) is 8.76 Å². The summed E-state index contributed by atoms with van der Waals surface area (Å²) in [5.74, 6) is -0.883. The minimum Gasteiger partial charge on any atom is -0.768 e. The number of nitrogens with two attached hydrogens (primary N) is 1. The molecule has 0 saturated carbocycles. The van der Waals surface area contributed by atoms with Crippen LogP contribution in [0.2, 0.25) is 0 Å². The van der Waals surface area contributed by atoms with Crippen molar-refractivity contribution in [2.45, 2.75) is 9.79 Å². The van der Waals surface area contributed by atoms with Crippen LogP contribution in [0.1, 0.15) is 0 Å². The topological polar surface area (TPSA) is 141 Å². The average Bonchev–Trinajstić information content (AvgIpc) is 2.06. The molecule has 84 valence electrons. The summed E-state index contributed by atoms with van der Waals surface area (Å²) in [4.78, 5) is -1.39. The highest BCUT2D eigenvalue weighted by Gasteiger charge is 2.18. The fourth-order valence-corrected chi connectivity index (χ4v) is 2.05. The SMILES string of the molecule is Nc1cc(S(=O)[O-])cc(S(=O)(=O)O)c1O. The Bertz CT molecular complexity index is 523. The second-order valence-electron chi connectivity index (χ2n) is 2.57. The van der Waals surface area contributed by atoms with Gasteiger partial charge in [0.1, 0.15) is 4.90 Å². The highest BCUT2D eigenvalue weighted by molar-refractivity contribution is 7.86. The number of benzene rings is 1. The first-order valence-corrected chi connectivity index (χ1v) is 5.94. The van der Waals surface area contributed by atoms with Crippen LogP contribution in [0, 0.1) is 0 Å². The molecule has 1 unspecified atom stereocenters. The van der Waals surface area contributed by atoms with Crippen LogP contribution in [0.25, 0.3) is 0 Å². The van der Waals surface area contributed by atoms with Crippen molar-refractivity contribution in [2.75, 3.05) is 5.73 Å². The average molecular weight is 252 g/mol. The summed E-state index contributed by atoms with van der Waals surface area (Å²) in [6.45, 7) is 0. The molecule has 0 aromatic heterocycles. The van der Waals surface area contributed by atoms with Gasteiger partial charge in [-0.05, 0) is 23.2 Å². The van der Waals surface area contributed by atoms with Gasteiger partial charge in [0.25, 0.3) is 10.1 Å². The number of phenolic OH excluding ortho intramolecular Hbond substituents is 1. The summed E-state index contributed by atoms with van der Waals surface area (Å²) < 4.78 is 51.2. The standard InChI is InChI=1S/C6H7NO6S2/c7-4-1-3(14(9)10)2-5(6(4)8)15(11,12)13/h1-2,8H,7H2,(H,9,10)(H,11,12,13)/p-1. The lowest BCUT2D eigenvalue weighted by Crippen LogP contribution is -2.03. The molecule has 0 fully saturated rings. The van der Waals surface area contributed by atoms with Gasteiger partial charge >= 0.3 is 0 Å². The lowest BCUT2D eigenvalue weighted by Gasteiger charge is -2.10. The molecular formula is C6H6NO6S2-. The fourth-order valence-electron chi connectivity index (χ4n) is 0.896. The van der Waals surface area contributed by atoms with E-state index in [1.807, 2.05) is 0 Å². The van der Waals surface area contributed by atoms with E-state index >= 15 is 0 Å². The number of rotatable bonds is 2. The van der Waals surface area contributed by atoms with E-state index in [1.165, 1.54) is 0 Å². The van der Waals surface area contributed by atoms with Gasteiger partial charge in [-0.2, -0.15) is 8.42 Å². The van der Waals surface area contributed by atoms with Gasteiger partial charge in [-0.25, -0.2) is 0 Å². The largest absolute Gasteiger partial charge is 0.768 e. The van der Waals surface area contributed by atoms with Crippen molar-refractivity contribution in [1.82, 2.24) is 0 Å². The Morgan fingerprint density at radius 2 is 1.93 bits per heavy atom. The van der Waals surface area contributed by atoms with E-state index in [-0.39, 0.29) is 0 Å². The molecule has 0 aliphatic carbocycles. The predicted octanol–water partition coefficient (Wildman–Crippen LogP) is -0.541. The van der Waals surface area contributed by atoms with Crippen LogP contribution in [0.15, 0.2) is 21.9 Å². The first kappa shape index (κ1) is 11.9. The predicted molar refractivity (Wildman–Crippen MR) is 49.5 cm³/mol. The Kier molecular flexibility index (Phi) is 3.00. The van der Waals surface area contributed by atoms with Crippen molar-refractivity contribution in [2.24, 2.45) is 0 Å². The van der Waals surface area contributed by atoms with Gasteiger partial charge in [0.2, 0.25) is 0 Å². The summed E-state index contributed by atoms with van der Waals surface area (Å²) in [5.41, 5.74) is 4.70. The van der Waals surface area contributed by atoms with E-state index in [0.717, 1.165) is 6.07 Å². The Balaban J connectivity index is 3.59. The van der Waals surface area contributed by atoms with Crippen molar-refractivity contribution in [1.29, 1.82) is 0 Å². The van der Waals surface area contributed by atoms with Crippen LogP contribution in [0.3, 0.4) is 0 Å². The molecule has 0 aliphatic heterocycles. The molecule has 0 aliphatic rings. The van der Waals surface area contributed by atoms with Crippen LogP contribution < -0.4 is 5.73 Å². The van der Waals surface area contributed by atoms with Crippen molar-refractivity contribution < 1.29 is 26.8 Å². The molecule has 7 nitrogen and oxygen atoms in total. The van der Waals surface area contributed by atoms with Crippen molar-refractivity contribution in [3.8, 4) is 5.75 Å². The Morgan fingerprint density at radius 1 is 1.40 bits per heavy atom. The summed E-state index contributed by atoms with van der Waals surface area (Å²) in [6, 6.07) is 1.47. The van der Waals surface area contributed by atoms with E-state index in [1.54, 1.807) is 0 Å². The summed E-state index contributed by atoms with van der Waals surface area (Å²) in [7, 11) is -4.72. The lowest BCUT2D eigenvalue weighted by atomic mass is 10.3. The van der Waals surface area contributed by atoms with Crippen molar-refractivity contribution in [3.05, 3.63) is 12.1 Å². The molecule has 0 radical (unpaired) electrons. The zero-order valence-electron chi connectivity index (χ0n) is 7.08. The third kappa shape index (κ3) is 2.45. The first-order chi connectivity index (χ1) is 6.73. The lowest BCUT2D eigenvalue weighted by molar-refractivity contribution is 0.444. The maximum Gasteiger partial charge on any atom is 0.298 e. The summed E-state index contributed by atoms with van der Waals surface area (Å²) in [5, 5.41) is 9.17. The van der Waals surface area contributed by atoms with E-state index in [9.17, 15) is 22.3 Å². The van der Waals surface area contributed by atoms with Crippen LogP contribution >= 0.6 is 0 Å². The number of aromatic hydroxyl groups is 1. The molecule has 1 aromatic rings. The van der Waals surface area contributed by atoms with Crippen molar-refractivity contribution in [3.63, 3.8) is 0 Å². The first-order valence-electron chi connectivity index (χ1n) is 3.42. The molecule has 0 saturated heterocycles. The molecule has 1 rings (SSSR count). The van der Waals surface area contributed by atoms with Crippen LogP contribution in [-0.4, -0.2) is 26.8 Å². The summed E-state index contributed by atoms with van der Waals surface area (Å²) in [6.07, 6.45) is 0. The van der Waals surface area contributed by atoms with Crippen LogP contribution in [0.5, 0.6) is 5.75 Å². The maximum absolute atomic E-state index is 10.7. The number of anilines is 1. The summed E-state index contributed by atoms with van der Waals surface area (Å²) >= 11 is -2.71. The molecule has 0 spiro atoms. The second-order valence-corrected chi connectivity index (χ2v) is 4.90. The molecule has 9 heteroatoms. The molecule has 0 bridgehead atoms. The highest BCUT2D eigenvalue weighted by atomic mass is 32.2. The monoisotopic (exact) mass is 252 g/mol. The second kappa shape index (κ2) is 3.77. The number of phenols is 1. The van der Waals surface area contributed by atoms with E-state index in [4.69, 9.17) is 10.3 Å². The smallest absolute Gasteiger partial charge is 0.298 e. The zero-order valence-corrected chi connectivity index (χ0v) is 8.71. The number of hydrogen-bond acceptors (Lipinski definition) is 6. The Hall–Kier alpha value is -1.16. The molecule has 0 amide bonds. The number of nitrogen functional groups attached to an aromatic ring is 1. The molecular weight excluding hydrogens is 246 g/mol. The zero-order chi connectivity index (χ0) is 11.8. The highest BCUT2D eigenvalue weighted by Crippen LogP contribution is 2.31. The minimum atomic E-state index is -4.72. The molecule has 1 atom stereocenters. The van der Waals surface area contributed by atoms with E-state index in [2.05, 4.69) is 0 Å². The van der Waals surface area contributed by atoms with Gasteiger partial charge in [-0.1, -0.05) is 0 Å². The van der Waals surface area contributed by atoms with Gasteiger partial charge < -0.3 is 15.4 Å². The quantitative estimate of drug-likeness (QED) is 0.278. The van der Waals surface area contributed by atoms with E-state index in [0.29, 0.717) is 6.07 Å². The fraction of sp³-hybridized carbons (Fsp3) is 0. The van der Waals surface area contributed by atoms with Gasteiger partial charge in [0, 0.05) is 4.90 Å². The molecule has 4 N–H and O–H groups in total. The van der Waals surface area contributed by atoms with Gasteiger partial charge in [-0.15, -0.1) is 0 Å². The molecule has 1 aromatic carbocycles. The van der Waals surface area contributed by atoms with Gasteiger partial charge in [0.15, 0.2) is 5.75 Å². The Morgan fingerprint density at radius 3 is 2.33 bits per heavy atom. The van der Waals surface area contributed by atoms with Crippen LogP contribution in [0.4, 0.5) is 5.69 Å². The third-order valence-corrected chi connectivity index (χ3v) is 3.04. The van der Waals surface area contributed by atoms with E-state index < -0.39 is 42.4 Å².